The molecule has 0 saturated heterocycles. The summed E-state index contributed by atoms with van der Waals surface area (Å²) >= 11 is 1.57. The second-order valence-corrected chi connectivity index (χ2v) is 5.74. The summed E-state index contributed by atoms with van der Waals surface area (Å²) in [5.41, 5.74) is 8.23. The highest BCUT2D eigenvalue weighted by Crippen LogP contribution is 2.27. The van der Waals surface area contributed by atoms with Gasteiger partial charge in [0.15, 0.2) is 0 Å². The van der Waals surface area contributed by atoms with Gasteiger partial charge in [-0.3, -0.25) is 4.68 Å². The zero-order chi connectivity index (χ0) is 16.2. The van der Waals surface area contributed by atoms with Crippen molar-refractivity contribution < 1.29 is 0 Å². The van der Waals surface area contributed by atoms with Crippen molar-refractivity contribution in [3.8, 4) is 0 Å². The van der Waals surface area contributed by atoms with E-state index in [0.29, 0.717) is 11.6 Å². The minimum atomic E-state index is 0.502. The second-order valence-electron chi connectivity index (χ2n) is 4.89. The molecule has 0 spiro atoms. The van der Waals surface area contributed by atoms with Crippen LogP contribution in [0.4, 0.5) is 28.8 Å². The third kappa shape index (κ3) is 3.72. The summed E-state index contributed by atoms with van der Waals surface area (Å²) < 4.78 is 1.71. The summed E-state index contributed by atoms with van der Waals surface area (Å²) in [5.74, 6) is 1.23. The Hall–Kier alpha value is -2.74. The van der Waals surface area contributed by atoms with Gasteiger partial charge in [0.2, 0.25) is 5.95 Å². The first-order chi connectivity index (χ1) is 11.1. The molecule has 0 bridgehead atoms. The Labute approximate surface area is 138 Å². The number of benzene rings is 1. The minimum absolute atomic E-state index is 0.502. The maximum absolute atomic E-state index is 5.82. The van der Waals surface area contributed by atoms with Crippen LogP contribution in [0.5, 0.6) is 0 Å². The van der Waals surface area contributed by atoms with E-state index in [1.54, 1.807) is 28.8 Å². The number of aromatic nitrogens is 4. The summed E-state index contributed by atoms with van der Waals surface area (Å²) in [4.78, 5) is 9.82. The molecule has 0 saturated carbocycles. The zero-order valence-corrected chi connectivity index (χ0v) is 13.6. The molecule has 7 nitrogen and oxygen atoms in total. The maximum atomic E-state index is 5.82. The number of nitrogens with one attached hydrogen (secondary N) is 2. The third-order valence-corrected chi connectivity index (χ3v) is 3.82. The molecular weight excluding hydrogens is 310 g/mol. The highest BCUT2D eigenvalue weighted by Gasteiger charge is 2.08. The fourth-order valence-corrected chi connectivity index (χ4v) is 2.49. The molecule has 8 heteroatoms. The third-order valence-electron chi connectivity index (χ3n) is 3.09. The lowest BCUT2D eigenvalue weighted by molar-refractivity contribution is 0.768. The number of aryl methyl sites for hydroxylation is 1. The van der Waals surface area contributed by atoms with Gasteiger partial charge in [-0.2, -0.15) is 10.1 Å². The molecule has 0 amide bonds. The number of rotatable bonds is 5. The van der Waals surface area contributed by atoms with Crippen molar-refractivity contribution in [1.29, 1.82) is 0 Å². The van der Waals surface area contributed by atoms with Crippen molar-refractivity contribution >= 4 is 40.6 Å². The molecule has 0 fully saturated rings. The van der Waals surface area contributed by atoms with Crippen LogP contribution in [-0.4, -0.2) is 26.0 Å². The van der Waals surface area contributed by atoms with E-state index in [9.17, 15) is 0 Å². The maximum Gasteiger partial charge on any atom is 0.229 e. The lowest BCUT2D eigenvalue weighted by atomic mass is 10.3. The van der Waals surface area contributed by atoms with E-state index in [0.717, 1.165) is 22.1 Å². The first kappa shape index (κ1) is 15.2. The Balaban J connectivity index is 1.86. The molecule has 3 aromatic rings. The second kappa shape index (κ2) is 6.57. The monoisotopic (exact) mass is 327 g/mol. The molecule has 23 heavy (non-hydrogen) atoms. The van der Waals surface area contributed by atoms with Gasteiger partial charge in [-0.15, -0.1) is 11.8 Å². The normalized spacial score (nSPS) is 10.5. The fraction of sp³-hybridized carbons (Fsp3) is 0.133. The molecule has 3 rings (SSSR count). The largest absolute Gasteiger partial charge is 0.399 e. The van der Waals surface area contributed by atoms with Crippen LogP contribution in [0.1, 0.15) is 0 Å². The van der Waals surface area contributed by atoms with Gasteiger partial charge in [-0.25, -0.2) is 4.98 Å². The van der Waals surface area contributed by atoms with Crippen molar-refractivity contribution in [2.75, 3.05) is 22.6 Å². The molecule has 2 heterocycles. The van der Waals surface area contributed by atoms with Crippen molar-refractivity contribution in [2.45, 2.75) is 4.90 Å². The molecule has 0 aliphatic carbocycles. The molecule has 0 aliphatic heterocycles. The van der Waals surface area contributed by atoms with Crippen molar-refractivity contribution in [3.63, 3.8) is 0 Å². The van der Waals surface area contributed by atoms with Crippen LogP contribution >= 0.6 is 11.8 Å². The molecule has 2 aromatic heterocycles. The first-order valence-electron chi connectivity index (χ1n) is 6.93. The molecule has 0 aliphatic rings. The predicted octanol–water partition coefficient (Wildman–Crippen LogP) is 3.00. The number of nitrogen functional groups attached to an aromatic ring is 1. The van der Waals surface area contributed by atoms with Crippen LogP contribution in [0.2, 0.25) is 0 Å². The number of nitrogens with two attached hydrogens (primary N) is 1. The van der Waals surface area contributed by atoms with Gasteiger partial charge in [0.25, 0.3) is 0 Å². The average Bonchev–Trinajstić information content (AvgIpc) is 2.93. The van der Waals surface area contributed by atoms with E-state index in [2.05, 4.69) is 25.7 Å². The van der Waals surface area contributed by atoms with Crippen molar-refractivity contribution in [3.05, 3.63) is 42.9 Å². The quantitative estimate of drug-likeness (QED) is 0.490. The number of thioether (sulfide) groups is 1. The lowest BCUT2D eigenvalue weighted by Gasteiger charge is -2.11. The summed E-state index contributed by atoms with van der Waals surface area (Å²) in [5, 5.41) is 10.5. The van der Waals surface area contributed by atoms with Gasteiger partial charge in [-0.05, 0) is 24.5 Å². The summed E-state index contributed by atoms with van der Waals surface area (Å²) in [6, 6.07) is 7.54. The standard InChI is InChI=1S/C15H17N7S/c1-22-9-12(7-18-22)20-15-17-8-13(23-2)14(21-15)19-11-5-3-4-10(16)6-11/h3-9H,16H2,1-2H3,(H2,17,19,20,21). The number of hydrogen-bond donors (Lipinski definition) is 3. The van der Waals surface area contributed by atoms with E-state index < -0.39 is 0 Å². The Bertz CT molecular complexity index is 815. The summed E-state index contributed by atoms with van der Waals surface area (Å²) in [7, 11) is 1.86. The number of hydrogen-bond acceptors (Lipinski definition) is 7. The van der Waals surface area contributed by atoms with Gasteiger partial charge in [-0.1, -0.05) is 6.07 Å². The van der Waals surface area contributed by atoms with Crippen LogP contribution < -0.4 is 16.4 Å². The van der Waals surface area contributed by atoms with Gasteiger partial charge in [0.1, 0.15) is 5.82 Å². The predicted molar refractivity (Wildman–Crippen MR) is 94.4 cm³/mol. The molecule has 118 valence electrons. The van der Waals surface area contributed by atoms with Crippen molar-refractivity contribution in [2.24, 2.45) is 7.05 Å². The Morgan fingerprint density at radius 2 is 2.04 bits per heavy atom. The fourth-order valence-electron chi connectivity index (χ4n) is 2.04. The Morgan fingerprint density at radius 1 is 1.17 bits per heavy atom. The van der Waals surface area contributed by atoms with E-state index in [-0.39, 0.29) is 0 Å². The van der Waals surface area contributed by atoms with Gasteiger partial charge in [0, 0.05) is 30.8 Å². The number of anilines is 5. The highest BCUT2D eigenvalue weighted by atomic mass is 32.2. The lowest BCUT2D eigenvalue weighted by Crippen LogP contribution is -2.02. The van der Waals surface area contributed by atoms with Gasteiger partial charge >= 0.3 is 0 Å². The molecule has 0 radical (unpaired) electrons. The van der Waals surface area contributed by atoms with E-state index in [1.165, 1.54) is 0 Å². The average molecular weight is 327 g/mol. The molecule has 0 unspecified atom stereocenters. The molecule has 1 aromatic carbocycles. The van der Waals surface area contributed by atoms with Crippen LogP contribution in [0.15, 0.2) is 47.8 Å². The highest BCUT2D eigenvalue weighted by molar-refractivity contribution is 7.98. The van der Waals surface area contributed by atoms with Crippen molar-refractivity contribution in [1.82, 2.24) is 19.7 Å². The summed E-state index contributed by atoms with van der Waals surface area (Å²) in [6.45, 7) is 0. The van der Waals surface area contributed by atoms with Crippen LogP contribution in [-0.2, 0) is 7.05 Å². The summed E-state index contributed by atoms with van der Waals surface area (Å²) in [6.07, 6.45) is 7.34. The van der Waals surface area contributed by atoms with Gasteiger partial charge < -0.3 is 16.4 Å². The Morgan fingerprint density at radius 3 is 2.74 bits per heavy atom. The molecular formula is C15H17N7S. The first-order valence-corrected chi connectivity index (χ1v) is 8.16. The Kier molecular flexibility index (Phi) is 4.33. The van der Waals surface area contributed by atoms with E-state index >= 15 is 0 Å². The van der Waals surface area contributed by atoms with Crippen LogP contribution in [0, 0.1) is 0 Å². The van der Waals surface area contributed by atoms with E-state index in [4.69, 9.17) is 5.73 Å². The molecule has 4 N–H and O–H groups in total. The molecule has 0 atom stereocenters. The van der Waals surface area contributed by atoms with E-state index in [1.807, 2.05) is 43.8 Å². The topological polar surface area (TPSA) is 93.7 Å². The van der Waals surface area contributed by atoms with Gasteiger partial charge in [0.05, 0.1) is 16.8 Å². The zero-order valence-electron chi connectivity index (χ0n) is 12.8. The SMILES string of the molecule is CSc1cnc(Nc2cnn(C)c2)nc1Nc1cccc(N)c1. The number of nitrogens with zero attached hydrogens (tertiary/aromatic N) is 4. The van der Waals surface area contributed by atoms with Crippen LogP contribution in [0.25, 0.3) is 0 Å². The van der Waals surface area contributed by atoms with Crippen LogP contribution in [0.3, 0.4) is 0 Å². The minimum Gasteiger partial charge on any atom is -0.399 e. The smallest absolute Gasteiger partial charge is 0.229 e.